The molecule has 0 unspecified atom stereocenters. The third kappa shape index (κ3) is 9.50. The summed E-state index contributed by atoms with van der Waals surface area (Å²) in [5.74, 6) is 1.10. The van der Waals surface area contributed by atoms with Crippen molar-refractivity contribution in [3.8, 4) is 0 Å². The van der Waals surface area contributed by atoms with E-state index in [9.17, 15) is 4.79 Å². The molecule has 0 saturated carbocycles. The van der Waals surface area contributed by atoms with Crippen LogP contribution >= 0.6 is 0 Å². The molecule has 3 aliphatic rings. The van der Waals surface area contributed by atoms with Crippen molar-refractivity contribution in [2.24, 2.45) is 4.99 Å². The number of aromatic nitrogens is 1. The number of likely N-dealkylation sites (tertiary alicyclic amines) is 1. The summed E-state index contributed by atoms with van der Waals surface area (Å²) in [6.07, 6.45) is 9.44. The number of unbranched alkanes of at least 4 members (excludes halogenated alkanes) is 1. The molecule has 0 bridgehead atoms. The lowest BCUT2D eigenvalue weighted by Gasteiger charge is -2.34. The van der Waals surface area contributed by atoms with Crippen molar-refractivity contribution < 1.29 is 9.53 Å². The molecule has 38 heavy (non-hydrogen) atoms. The van der Waals surface area contributed by atoms with Gasteiger partial charge in [-0.2, -0.15) is 0 Å². The van der Waals surface area contributed by atoms with E-state index in [1.165, 1.54) is 38.5 Å². The number of nitrogen functional groups attached to an aromatic ring is 1. The molecule has 4 rings (SSSR count). The van der Waals surface area contributed by atoms with Crippen LogP contribution in [0.3, 0.4) is 0 Å². The topological polar surface area (TPSA) is 99.3 Å². The van der Waals surface area contributed by atoms with E-state index in [4.69, 9.17) is 10.5 Å². The highest BCUT2D eigenvalue weighted by Gasteiger charge is 2.25. The Balaban J connectivity index is 0.000000934. The number of piperidine rings is 1. The predicted molar refractivity (Wildman–Crippen MR) is 157 cm³/mol. The standard InChI is InChI=1S/C25H41N7O2.C4H10/c1-27-23(21-6-7-22(29-24(21)26)32-10-4-2-3-5-11-32)25(33)28-20-8-12-30(13-9-20)14-15-31-16-18-34-19-17-31;1-3-4-2/h6-7,20H,2-5,8-19H2,1H3,(H2,26,29)(H,28,33);3-4H2,1-2H3. The molecule has 9 heteroatoms. The number of nitrogens with zero attached hydrogens (tertiary/aromatic N) is 5. The van der Waals surface area contributed by atoms with Gasteiger partial charge in [0.05, 0.1) is 13.2 Å². The minimum absolute atomic E-state index is 0.162. The molecular formula is C29H51N7O2. The van der Waals surface area contributed by atoms with Gasteiger partial charge in [0.25, 0.3) is 5.91 Å². The van der Waals surface area contributed by atoms with Gasteiger partial charge in [-0.25, -0.2) is 4.98 Å². The van der Waals surface area contributed by atoms with Gasteiger partial charge in [-0.05, 0) is 37.8 Å². The van der Waals surface area contributed by atoms with E-state index in [0.29, 0.717) is 17.1 Å². The number of hydrogen-bond acceptors (Lipinski definition) is 8. The van der Waals surface area contributed by atoms with E-state index in [1.807, 2.05) is 12.1 Å². The number of pyridine rings is 1. The predicted octanol–water partition coefficient (Wildman–Crippen LogP) is 3.18. The largest absolute Gasteiger partial charge is 0.383 e. The molecule has 3 saturated heterocycles. The van der Waals surface area contributed by atoms with Crippen LogP contribution in [0.1, 0.15) is 70.8 Å². The van der Waals surface area contributed by atoms with Crippen molar-refractivity contribution in [3.05, 3.63) is 17.7 Å². The SMILES string of the molecule is CCCC.CN=C(C(=O)NC1CCN(CCN2CCOCC2)CC1)c1ccc(N2CCCCCC2)nc1N. The highest BCUT2D eigenvalue weighted by Crippen LogP contribution is 2.21. The second-order valence-electron chi connectivity index (χ2n) is 10.6. The van der Waals surface area contributed by atoms with E-state index in [-0.39, 0.29) is 11.9 Å². The molecule has 0 radical (unpaired) electrons. The average molecular weight is 530 g/mol. The number of carbonyl (C=O) groups is 1. The zero-order valence-electron chi connectivity index (χ0n) is 24.1. The lowest BCUT2D eigenvalue weighted by Crippen LogP contribution is -2.48. The number of amides is 1. The van der Waals surface area contributed by atoms with Gasteiger partial charge in [0.1, 0.15) is 17.3 Å². The summed E-state index contributed by atoms with van der Waals surface area (Å²) in [7, 11) is 1.64. The van der Waals surface area contributed by atoms with Crippen molar-refractivity contribution in [1.29, 1.82) is 0 Å². The number of carbonyl (C=O) groups excluding carboxylic acids is 1. The van der Waals surface area contributed by atoms with Crippen LogP contribution in [0.25, 0.3) is 0 Å². The number of ether oxygens (including phenoxy) is 1. The first-order chi connectivity index (χ1) is 18.5. The zero-order chi connectivity index (χ0) is 27.2. The Morgan fingerprint density at radius 3 is 2.13 bits per heavy atom. The van der Waals surface area contributed by atoms with Gasteiger partial charge in [0.15, 0.2) is 0 Å². The summed E-state index contributed by atoms with van der Waals surface area (Å²) in [5, 5.41) is 3.19. The molecule has 0 atom stereocenters. The summed E-state index contributed by atoms with van der Waals surface area (Å²) in [6.45, 7) is 14.3. The summed E-state index contributed by atoms with van der Waals surface area (Å²) in [6, 6.07) is 4.04. The van der Waals surface area contributed by atoms with Crippen LogP contribution < -0.4 is 16.0 Å². The van der Waals surface area contributed by atoms with Gasteiger partial charge >= 0.3 is 0 Å². The van der Waals surface area contributed by atoms with Crippen LogP contribution in [0.15, 0.2) is 17.1 Å². The molecule has 3 fully saturated rings. The molecule has 9 nitrogen and oxygen atoms in total. The Morgan fingerprint density at radius 2 is 1.58 bits per heavy atom. The Morgan fingerprint density at radius 1 is 0.974 bits per heavy atom. The van der Waals surface area contributed by atoms with Crippen molar-refractivity contribution in [3.63, 3.8) is 0 Å². The second kappa shape index (κ2) is 16.7. The van der Waals surface area contributed by atoms with E-state index < -0.39 is 0 Å². The second-order valence-corrected chi connectivity index (χ2v) is 10.6. The molecule has 0 spiro atoms. The summed E-state index contributed by atoms with van der Waals surface area (Å²) < 4.78 is 5.43. The summed E-state index contributed by atoms with van der Waals surface area (Å²) in [5.41, 5.74) is 7.29. The zero-order valence-corrected chi connectivity index (χ0v) is 24.1. The van der Waals surface area contributed by atoms with Crippen molar-refractivity contribution in [2.75, 3.05) is 83.3 Å². The van der Waals surface area contributed by atoms with Gasteiger partial charge in [-0.15, -0.1) is 0 Å². The smallest absolute Gasteiger partial charge is 0.270 e. The van der Waals surface area contributed by atoms with Crippen molar-refractivity contribution in [1.82, 2.24) is 20.1 Å². The Kier molecular flexibility index (Phi) is 13.3. The van der Waals surface area contributed by atoms with Crippen molar-refractivity contribution >= 4 is 23.3 Å². The monoisotopic (exact) mass is 529 g/mol. The molecule has 4 heterocycles. The quantitative estimate of drug-likeness (QED) is 0.499. The van der Waals surface area contributed by atoms with Crippen LogP contribution in [0.5, 0.6) is 0 Å². The van der Waals surface area contributed by atoms with Crippen LogP contribution in [-0.2, 0) is 9.53 Å². The van der Waals surface area contributed by atoms with Crippen LogP contribution in [-0.4, -0.2) is 105 Å². The fourth-order valence-electron chi connectivity index (χ4n) is 5.15. The molecule has 1 aromatic rings. The van der Waals surface area contributed by atoms with Gasteiger partial charge < -0.3 is 25.6 Å². The molecular weight excluding hydrogens is 478 g/mol. The normalized spacial score (nSPS) is 20.4. The molecule has 214 valence electrons. The molecule has 3 aliphatic heterocycles. The molecule has 0 aromatic carbocycles. The lowest BCUT2D eigenvalue weighted by atomic mass is 10.0. The molecule has 1 amide bonds. The Labute approximate surface area is 230 Å². The minimum Gasteiger partial charge on any atom is -0.383 e. The number of morpholine rings is 1. The first-order valence-corrected chi connectivity index (χ1v) is 14.9. The maximum absolute atomic E-state index is 13.1. The van der Waals surface area contributed by atoms with Gasteiger partial charge in [0.2, 0.25) is 0 Å². The van der Waals surface area contributed by atoms with Crippen LogP contribution in [0.2, 0.25) is 0 Å². The van der Waals surface area contributed by atoms with Crippen LogP contribution in [0.4, 0.5) is 11.6 Å². The van der Waals surface area contributed by atoms with E-state index in [0.717, 1.165) is 84.2 Å². The molecule has 3 N–H and O–H groups in total. The third-order valence-corrected chi connectivity index (χ3v) is 7.79. The minimum atomic E-state index is -0.162. The summed E-state index contributed by atoms with van der Waals surface area (Å²) in [4.78, 5) is 29.2. The lowest BCUT2D eigenvalue weighted by molar-refractivity contribution is -0.115. The average Bonchev–Trinajstić information content (AvgIpc) is 3.24. The third-order valence-electron chi connectivity index (χ3n) is 7.79. The van der Waals surface area contributed by atoms with E-state index >= 15 is 0 Å². The first kappa shape index (κ1) is 30.3. The van der Waals surface area contributed by atoms with Gasteiger partial charge in [0, 0.05) is 71.0 Å². The molecule has 0 aliphatic carbocycles. The Bertz CT molecular complexity index is 854. The summed E-state index contributed by atoms with van der Waals surface area (Å²) >= 11 is 0. The fourth-order valence-corrected chi connectivity index (χ4v) is 5.15. The number of aliphatic imine (C=N–C) groups is 1. The molecule has 1 aromatic heterocycles. The maximum atomic E-state index is 13.1. The van der Waals surface area contributed by atoms with Gasteiger partial charge in [-0.1, -0.05) is 39.5 Å². The first-order valence-electron chi connectivity index (χ1n) is 14.9. The number of hydrogen-bond donors (Lipinski definition) is 2. The number of anilines is 2. The van der Waals surface area contributed by atoms with E-state index in [1.54, 1.807) is 7.05 Å². The Hall–Kier alpha value is -2.23. The van der Waals surface area contributed by atoms with Crippen LogP contribution in [0, 0.1) is 0 Å². The number of nitrogens with two attached hydrogens (primary N) is 1. The fraction of sp³-hybridized carbons (Fsp3) is 0.759. The maximum Gasteiger partial charge on any atom is 0.270 e. The van der Waals surface area contributed by atoms with Gasteiger partial charge in [-0.3, -0.25) is 14.7 Å². The van der Waals surface area contributed by atoms with Crippen molar-refractivity contribution in [2.45, 2.75) is 71.3 Å². The highest BCUT2D eigenvalue weighted by molar-refractivity contribution is 6.46. The number of rotatable bonds is 8. The number of nitrogens with one attached hydrogen (secondary N) is 1. The highest BCUT2D eigenvalue weighted by atomic mass is 16.5. The van der Waals surface area contributed by atoms with E-state index in [2.05, 4.69) is 43.8 Å².